The van der Waals surface area contributed by atoms with Crippen molar-refractivity contribution in [2.45, 2.75) is 74.9 Å². The van der Waals surface area contributed by atoms with Crippen molar-refractivity contribution in [3.63, 3.8) is 0 Å². The van der Waals surface area contributed by atoms with Crippen molar-refractivity contribution < 1.29 is 62.0 Å². The molecule has 1 fully saturated rings. The summed E-state index contributed by atoms with van der Waals surface area (Å²) in [6.45, 7) is 8.52. The number of phosphoric ester groups is 1. The molecule has 1 heterocycles. The lowest BCUT2D eigenvalue weighted by atomic mass is 9.70. The quantitative estimate of drug-likeness (QED) is 0.0370. The zero-order valence-corrected chi connectivity index (χ0v) is 36.2. The third-order valence-corrected chi connectivity index (χ3v) is 14.3. The number of methoxy groups -OCH3 is 2. The van der Waals surface area contributed by atoms with E-state index in [1.54, 1.807) is 50.4 Å². The first-order valence-electron chi connectivity index (χ1n) is 19.1. The highest BCUT2D eigenvalue weighted by molar-refractivity contribution is 8.77. The van der Waals surface area contributed by atoms with Gasteiger partial charge in [-0.25, -0.2) is 9.36 Å². The van der Waals surface area contributed by atoms with Crippen molar-refractivity contribution in [2.24, 2.45) is 5.92 Å². The maximum Gasteiger partial charge on any atom is 0.472 e. The number of esters is 1. The van der Waals surface area contributed by atoms with Crippen LogP contribution in [0, 0.1) is 12.8 Å². The molecule has 6 atom stereocenters. The van der Waals surface area contributed by atoms with Crippen LogP contribution in [-0.4, -0.2) is 91.0 Å². The molecule has 17 heteroatoms. The van der Waals surface area contributed by atoms with Crippen LogP contribution in [0.1, 0.15) is 68.2 Å². The van der Waals surface area contributed by atoms with Gasteiger partial charge >= 0.3 is 19.9 Å². The Morgan fingerprint density at radius 2 is 1.69 bits per heavy atom. The van der Waals surface area contributed by atoms with Crippen molar-refractivity contribution in [3.8, 4) is 17.2 Å². The third-order valence-electron chi connectivity index (χ3n) is 10.0. The Morgan fingerprint density at radius 3 is 2.36 bits per heavy atom. The number of hydrogen-bond acceptors (Lipinski definition) is 14. The summed E-state index contributed by atoms with van der Waals surface area (Å²) in [4.78, 5) is 35.5. The summed E-state index contributed by atoms with van der Waals surface area (Å²) in [5, 5.41) is 27.8. The van der Waals surface area contributed by atoms with E-state index in [0.29, 0.717) is 77.7 Å². The fourth-order valence-corrected chi connectivity index (χ4v) is 10.7. The van der Waals surface area contributed by atoms with E-state index in [1.165, 1.54) is 28.7 Å². The predicted octanol–water partition coefficient (Wildman–Crippen LogP) is 7.02. The largest absolute Gasteiger partial charge is 0.497 e. The monoisotopic (exact) mass is 863 g/mol. The van der Waals surface area contributed by atoms with Crippen LogP contribution in [0.25, 0.3) is 0 Å². The van der Waals surface area contributed by atoms with E-state index in [-0.39, 0.29) is 19.8 Å². The molecular formula is C41H54NO13PS2. The predicted molar refractivity (Wildman–Crippen MR) is 221 cm³/mol. The van der Waals surface area contributed by atoms with Gasteiger partial charge in [-0.1, -0.05) is 71.0 Å². The van der Waals surface area contributed by atoms with Gasteiger partial charge < -0.3 is 44.1 Å². The van der Waals surface area contributed by atoms with E-state index in [4.69, 9.17) is 32.7 Å². The van der Waals surface area contributed by atoms with Crippen LogP contribution in [0.3, 0.4) is 0 Å². The molecule has 318 valence electrons. The third kappa shape index (κ3) is 9.93. The summed E-state index contributed by atoms with van der Waals surface area (Å²) in [6.07, 6.45) is -0.316. The summed E-state index contributed by atoms with van der Waals surface area (Å²) in [6, 6.07) is 19.7. The average Bonchev–Trinajstić information content (AvgIpc) is 3.59. The van der Waals surface area contributed by atoms with Crippen LogP contribution in [-0.2, 0) is 39.1 Å². The topological polar surface area (TPSA) is 189 Å². The number of hydrogen-bond donors (Lipinski definition) is 4. The molecule has 0 aromatic heterocycles. The number of carbonyl (C=O) groups excluding carboxylic acids is 2. The number of ether oxygens (including phenoxy) is 5. The molecule has 1 amide bonds. The van der Waals surface area contributed by atoms with Gasteiger partial charge in [-0.2, -0.15) is 0 Å². The van der Waals surface area contributed by atoms with Crippen molar-refractivity contribution >= 4 is 41.5 Å². The number of unbranched alkanes of at least 4 members (excludes halogenated alkanes) is 1. The Morgan fingerprint density at radius 1 is 0.983 bits per heavy atom. The van der Waals surface area contributed by atoms with Crippen molar-refractivity contribution in [1.82, 2.24) is 5.32 Å². The number of carbonyl (C=O) groups is 2. The summed E-state index contributed by atoms with van der Waals surface area (Å²) in [5.74, 6) is -0.855. The van der Waals surface area contributed by atoms with E-state index in [9.17, 15) is 29.3 Å². The molecule has 58 heavy (non-hydrogen) atoms. The summed E-state index contributed by atoms with van der Waals surface area (Å²) < 4.78 is 50.2. The average molecular weight is 864 g/mol. The van der Waals surface area contributed by atoms with Crippen LogP contribution >= 0.6 is 29.4 Å². The number of fused-ring (bicyclic) bond motifs is 3. The van der Waals surface area contributed by atoms with Gasteiger partial charge in [-0.05, 0) is 74.9 Å². The van der Waals surface area contributed by atoms with Crippen LogP contribution in [0.15, 0.2) is 66.7 Å². The van der Waals surface area contributed by atoms with Crippen LogP contribution in [0.5, 0.6) is 17.2 Å². The zero-order valence-electron chi connectivity index (χ0n) is 33.6. The number of alkyl carbamates (subject to hydrolysis) is 1. The van der Waals surface area contributed by atoms with Crippen LogP contribution < -0.4 is 19.5 Å². The van der Waals surface area contributed by atoms with E-state index < -0.39 is 53.8 Å². The van der Waals surface area contributed by atoms with E-state index in [0.717, 1.165) is 0 Å². The van der Waals surface area contributed by atoms with Gasteiger partial charge in [0.05, 0.1) is 44.7 Å². The Balaban J connectivity index is 1.18. The van der Waals surface area contributed by atoms with Gasteiger partial charge in [0.15, 0.2) is 11.2 Å². The number of phosphoric acid groups is 1. The van der Waals surface area contributed by atoms with E-state index in [1.807, 2.05) is 51.1 Å². The summed E-state index contributed by atoms with van der Waals surface area (Å²) in [5.41, 5.74) is -1.54. The molecule has 2 aliphatic rings. The van der Waals surface area contributed by atoms with Gasteiger partial charge in [0.25, 0.3) is 0 Å². The lowest BCUT2D eigenvalue weighted by Gasteiger charge is -2.41. The molecule has 14 nitrogen and oxygen atoms in total. The minimum Gasteiger partial charge on any atom is -0.497 e. The maximum atomic E-state index is 13.5. The minimum atomic E-state index is -4.04. The zero-order chi connectivity index (χ0) is 42.1. The Labute approximate surface area is 347 Å². The second kappa shape index (κ2) is 19.7. The molecule has 1 saturated carbocycles. The highest BCUT2D eigenvalue weighted by Gasteiger charge is 2.78. The van der Waals surface area contributed by atoms with Gasteiger partial charge in [0.1, 0.15) is 30.0 Å². The van der Waals surface area contributed by atoms with Crippen LogP contribution in [0.4, 0.5) is 4.79 Å². The molecule has 0 radical (unpaired) electrons. The number of benzene rings is 3. The molecule has 1 unspecified atom stereocenters. The first-order valence-corrected chi connectivity index (χ1v) is 22.9. The number of aliphatic hydroxyl groups is 2. The molecule has 4 N–H and O–H groups in total. The Hall–Kier alpha value is -3.47. The number of aryl methyl sites for hydroxylation is 1. The number of aliphatic hydroxyl groups excluding tert-OH is 1. The Kier molecular flexibility index (Phi) is 15.5. The van der Waals surface area contributed by atoms with Crippen molar-refractivity contribution in [2.75, 3.05) is 52.9 Å². The summed E-state index contributed by atoms with van der Waals surface area (Å²) in [7, 11) is 1.70. The highest BCUT2D eigenvalue weighted by atomic mass is 33.1. The van der Waals surface area contributed by atoms with Gasteiger partial charge in [-0.3, -0.25) is 13.8 Å². The number of nitrogens with one attached hydrogen (secondary N) is 1. The van der Waals surface area contributed by atoms with E-state index in [2.05, 4.69) is 5.32 Å². The van der Waals surface area contributed by atoms with Crippen molar-refractivity contribution in [1.29, 1.82) is 0 Å². The lowest BCUT2D eigenvalue weighted by Crippen LogP contribution is -2.52. The molecule has 0 saturated heterocycles. The first-order chi connectivity index (χ1) is 27.6. The molecule has 1 aliphatic heterocycles. The fourth-order valence-electron chi connectivity index (χ4n) is 7.53. The van der Waals surface area contributed by atoms with Gasteiger partial charge in [0, 0.05) is 29.8 Å². The fraction of sp³-hybridized carbons (Fsp3) is 0.512. The van der Waals surface area contributed by atoms with Gasteiger partial charge in [-0.15, -0.1) is 0 Å². The maximum absolute atomic E-state index is 13.5. The minimum absolute atomic E-state index is 0.0446. The molecule has 1 aliphatic carbocycles. The smallest absolute Gasteiger partial charge is 0.472 e. The number of rotatable bonds is 21. The van der Waals surface area contributed by atoms with Crippen LogP contribution in [0.2, 0.25) is 0 Å². The highest BCUT2D eigenvalue weighted by Crippen LogP contribution is 2.69. The normalized spacial score (nSPS) is 23.2. The molecular weight excluding hydrogens is 810 g/mol. The van der Waals surface area contributed by atoms with Gasteiger partial charge in [0.2, 0.25) is 0 Å². The summed E-state index contributed by atoms with van der Waals surface area (Å²) >= 11 is 0. The van der Waals surface area contributed by atoms with Crippen molar-refractivity contribution in [3.05, 3.63) is 89.0 Å². The molecule has 0 bridgehead atoms. The number of amides is 1. The first kappa shape index (κ1) is 45.6. The SMILES string of the molecule is CCCOP(=O)(O)OCCSSC(C)(C)COC(=O)NCCCCOc1cc(C)c2c(c1)O[C@]1(c3ccc(OC)cc3)[C@@H](c3ccccc3)[C@H](C(=O)OC)[C@H](O)[C@]21O. The molecule has 3 aromatic rings. The molecule has 5 rings (SSSR count). The molecule has 0 spiro atoms. The lowest BCUT2D eigenvalue weighted by molar-refractivity contribution is -0.161. The molecule has 3 aromatic carbocycles. The second-order valence-electron chi connectivity index (χ2n) is 14.7. The standard InChI is InChI=1S/C41H54NO13PS2/c1-7-20-53-56(47,48)54-22-23-57-58-39(3,4)26-52-38(45)42-19-11-12-21-51-31-24-27(2)34-32(25-31)55-41(29-15-17-30(49-5)18-16-29)35(28-13-9-8-10-14-28)33(37(44)50-6)36(43)40(34,41)46/h8-10,13-18,24-25,33,35-36,43,46H,7,11-12,19-23,26H2,1-6H3,(H,42,45)(H,47,48)/t33-,35-,36-,40+,41+/m0/s1. The van der Waals surface area contributed by atoms with E-state index >= 15 is 0 Å². The second-order valence-corrected chi connectivity index (χ2v) is 19.3. The Bertz CT molecular complexity index is 1900.